The van der Waals surface area contributed by atoms with Crippen LogP contribution in [0.15, 0.2) is 36.5 Å². The van der Waals surface area contributed by atoms with E-state index < -0.39 is 11.9 Å². The van der Waals surface area contributed by atoms with Crippen LogP contribution in [0.25, 0.3) is 0 Å². The van der Waals surface area contributed by atoms with E-state index in [-0.39, 0.29) is 12.3 Å². The number of aliphatic carboxylic acids is 1. The number of anilines is 1. The van der Waals surface area contributed by atoms with Crippen LogP contribution < -0.4 is 5.32 Å². The van der Waals surface area contributed by atoms with Crippen molar-refractivity contribution >= 4 is 11.9 Å². The average Bonchev–Trinajstić information content (AvgIpc) is 2.45. The highest BCUT2D eigenvalue weighted by molar-refractivity contribution is 5.71. The molecule has 0 radical (unpaired) electrons. The number of hydrogen-bond donors (Lipinski definition) is 3. The van der Waals surface area contributed by atoms with Crippen molar-refractivity contribution in [1.29, 1.82) is 0 Å². The number of carboxylic acids is 1. The lowest BCUT2D eigenvalue weighted by molar-refractivity contribution is -0.141. The molecule has 0 saturated heterocycles. The lowest BCUT2D eigenvalue weighted by Gasteiger charge is -2.13. The van der Waals surface area contributed by atoms with Crippen molar-refractivity contribution in [3.05, 3.63) is 47.8 Å². The summed E-state index contributed by atoms with van der Waals surface area (Å²) >= 11 is 0. The predicted molar refractivity (Wildman–Crippen MR) is 78.2 cm³/mol. The molecule has 0 aliphatic heterocycles. The fourth-order valence-electron chi connectivity index (χ4n) is 1.91. The lowest BCUT2D eigenvalue weighted by Crippen LogP contribution is -2.25. The molecule has 0 saturated carbocycles. The minimum absolute atomic E-state index is 0.164. The van der Waals surface area contributed by atoms with Gasteiger partial charge in [-0.2, -0.15) is 0 Å². The van der Waals surface area contributed by atoms with E-state index in [9.17, 15) is 15.0 Å². The van der Waals surface area contributed by atoms with Crippen molar-refractivity contribution in [2.45, 2.75) is 13.3 Å². The van der Waals surface area contributed by atoms with Gasteiger partial charge in [-0.25, -0.2) is 9.97 Å². The van der Waals surface area contributed by atoms with E-state index in [1.165, 1.54) is 0 Å². The van der Waals surface area contributed by atoms with Crippen LogP contribution in [0.2, 0.25) is 0 Å². The number of carbonyl (C=O) groups is 1. The van der Waals surface area contributed by atoms with Gasteiger partial charge in [-0.05, 0) is 37.1 Å². The number of carboxylic acid groups (broad SMARTS) is 1. The maximum Gasteiger partial charge on any atom is 0.308 e. The fourth-order valence-corrected chi connectivity index (χ4v) is 1.91. The van der Waals surface area contributed by atoms with Gasteiger partial charge in [0.2, 0.25) is 5.95 Å². The Morgan fingerprint density at radius 2 is 2.00 bits per heavy atom. The van der Waals surface area contributed by atoms with Crippen molar-refractivity contribution in [2.24, 2.45) is 5.92 Å². The van der Waals surface area contributed by atoms with Crippen LogP contribution >= 0.6 is 0 Å². The number of hydrogen-bond acceptors (Lipinski definition) is 5. The standard InChI is InChI=1S/C15H17N3O3/c1-10-6-7-16-15(18-10)17-9-12(14(20)21)8-11-2-4-13(19)5-3-11/h2-7,12,19H,8-9H2,1H3,(H,20,21)(H,16,17,18). The number of aryl methyl sites for hydroxylation is 1. The van der Waals surface area contributed by atoms with Crippen LogP contribution in [0.4, 0.5) is 5.95 Å². The number of aromatic nitrogens is 2. The molecule has 3 N–H and O–H groups in total. The van der Waals surface area contributed by atoms with Crippen molar-refractivity contribution in [3.63, 3.8) is 0 Å². The molecular formula is C15H17N3O3. The number of benzene rings is 1. The zero-order valence-corrected chi connectivity index (χ0v) is 11.7. The van der Waals surface area contributed by atoms with Crippen molar-refractivity contribution in [1.82, 2.24) is 9.97 Å². The molecule has 6 nitrogen and oxygen atoms in total. The quantitative estimate of drug-likeness (QED) is 0.750. The largest absolute Gasteiger partial charge is 0.508 e. The highest BCUT2D eigenvalue weighted by atomic mass is 16.4. The van der Waals surface area contributed by atoms with Crippen molar-refractivity contribution < 1.29 is 15.0 Å². The average molecular weight is 287 g/mol. The molecule has 1 aromatic carbocycles. The molecular weight excluding hydrogens is 270 g/mol. The van der Waals surface area contributed by atoms with E-state index in [4.69, 9.17) is 0 Å². The van der Waals surface area contributed by atoms with Gasteiger partial charge in [0.05, 0.1) is 5.92 Å². The summed E-state index contributed by atoms with van der Waals surface area (Å²) in [7, 11) is 0. The number of phenols is 1. The zero-order chi connectivity index (χ0) is 15.2. The zero-order valence-electron chi connectivity index (χ0n) is 11.7. The topological polar surface area (TPSA) is 95.3 Å². The Kier molecular flexibility index (Phi) is 4.71. The maximum absolute atomic E-state index is 11.3. The summed E-state index contributed by atoms with van der Waals surface area (Å²) in [6, 6.07) is 8.30. The van der Waals surface area contributed by atoms with Gasteiger partial charge in [0, 0.05) is 18.4 Å². The predicted octanol–water partition coefficient (Wildman–Crippen LogP) is 1.85. The van der Waals surface area contributed by atoms with E-state index in [0.717, 1.165) is 11.3 Å². The first-order chi connectivity index (χ1) is 10.0. The van der Waals surface area contributed by atoms with Crippen LogP contribution in [0.5, 0.6) is 5.75 Å². The third-order valence-corrected chi connectivity index (χ3v) is 3.07. The molecule has 1 heterocycles. The smallest absolute Gasteiger partial charge is 0.308 e. The van der Waals surface area contributed by atoms with Gasteiger partial charge in [0.1, 0.15) is 5.75 Å². The minimum Gasteiger partial charge on any atom is -0.508 e. The minimum atomic E-state index is -0.886. The van der Waals surface area contributed by atoms with E-state index >= 15 is 0 Å². The number of nitrogens with one attached hydrogen (secondary N) is 1. The van der Waals surface area contributed by atoms with Gasteiger partial charge in [0.25, 0.3) is 0 Å². The molecule has 0 aliphatic carbocycles. The molecule has 6 heteroatoms. The number of rotatable bonds is 6. The molecule has 0 spiro atoms. The van der Waals surface area contributed by atoms with Crippen LogP contribution in [-0.2, 0) is 11.2 Å². The Morgan fingerprint density at radius 3 is 2.62 bits per heavy atom. The van der Waals surface area contributed by atoms with Gasteiger partial charge in [-0.3, -0.25) is 4.79 Å². The van der Waals surface area contributed by atoms with Crippen LogP contribution in [0.3, 0.4) is 0 Å². The molecule has 21 heavy (non-hydrogen) atoms. The second-order valence-corrected chi connectivity index (χ2v) is 4.81. The third kappa shape index (κ3) is 4.45. The Balaban J connectivity index is 1.99. The summed E-state index contributed by atoms with van der Waals surface area (Å²) in [5.41, 5.74) is 1.67. The fraction of sp³-hybridized carbons (Fsp3) is 0.267. The third-order valence-electron chi connectivity index (χ3n) is 3.07. The Hall–Kier alpha value is -2.63. The summed E-state index contributed by atoms with van der Waals surface area (Å²) in [6.45, 7) is 2.08. The first-order valence-corrected chi connectivity index (χ1v) is 6.59. The Labute approximate surface area is 122 Å². The Bertz CT molecular complexity index is 614. The number of aromatic hydroxyl groups is 1. The summed E-state index contributed by atoms with van der Waals surface area (Å²) in [6.07, 6.45) is 1.99. The Morgan fingerprint density at radius 1 is 1.29 bits per heavy atom. The summed E-state index contributed by atoms with van der Waals surface area (Å²) < 4.78 is 0. The van der Waals surface area contributed by atoms with Crippen molar-refractivity contribution in [2.75, 3.05) is 11.9 Å². The molecule has 0 fully saturated rings. The SMILES string of the molecule is Cc1ccnc(NCC(Cc2ccc(O)cc2)C(=O)O)n1. The highest BCUT2D eigenvalue weighted by Gasteiger charge is 2.18. The molecule has 0 bridgehead atoms. The molecule has 0 aliphatic rings. The molecule has 2 aromatic rings. The molecule has 1 unspecified atom stereocenters. The van der Waals surface area contributed by atoms with E-state index in [1.54, 1.807) is 36.5 Å². The van der Waals surface area contributed by atoms with Gasteiger partial charge < -0.3 is 15.5 Å². The van der Waals surface area contributed by atoms with E-state index in [2.05, 4.69) is 15.3 Å². The normalized spacial score (nSPS) is 11.9. The summed E-state index contributed by atoms with van der Waals surface area (Å²) in [5.74, 6) is -0.897. The van der Waals surface area contributed by atoms with E-state index in [1.807, 2.05) is 6.92 Å². The summed E-state index contributed by atoms with van der Waals surface area (Å²) in [4.78, 5) is 19.5. The molecule has 1 aromatic heterocycles. The monoisotopic (exact) mass is 287 g/mol. The van der Waals surface area contributed by atoms with Crippen LogP contribution in [0, 0.1) is 12.8 Å². The van der Waals surface area contributed by atoms with Gasteiger partial charge in [-0.15, -0.1) is 0 Å². The van der Waals surface area contributed by atoms with Crippen molar-refractivity contribution in [3.8, 4) is 5.75 Å². The summed E-state index contributed by atoms with van der Waals surface area (Å²) in [5, 5.41) is 21.5. The van der Waals surface area contributed by atoms with Gasteiger partial charge in [-0.1, -0.05) is 12.1 Å². The first-order valence-electron chi connectivity index (χ1n) is 6.59. The maximum atomic E-state index is 11.3. The molecule has 2 rings (SSSR count). The first kappa shape index (κ1) is 14.8. The van der Waals surface area contributed by atoms with Crippen LogP contribution in [0.1, 0.15) is 11.3 Å². The van der Waals surface area contributed by atoms with Gasteiger partial charge in [0.15, 0.2) is 0 Å². The number of nitrogens with zero attached hydrogens (tertiary/aromatic N) is 2. The van der Waals surface area contributed by atoms with Gasteiger partial charge >= 0.3 is 5.97 Å². The lowest BCUT2D eigenvalue weighted by atomic mass is 9.99. The molecule has 110 valence electrons. The highest BCUT2D eigenvalue weighted by Crippen LogP contribution is 2.14. The second-order valence-electron chi connectivity index (χ2n) is 4.81. The second kappa shape index (κ2) is 6.69. The van der Waals surface area contributed by atoms with Crippen LogP contribution in [-0.4, -0.2) is 32.7 Å². The molecule has 0 amide bonds. The van der Waals surface area contributed by atoms with E-state index in [0.29, 0.717) is 12.4 Å². The number of phenolic OH excluding ortho intramolecular Hbond substituents is 1. The molecule has 1 atom stereocenters.